The van der Waals surface area contributed by atoms with Crippen LogP contribution in [0.1, 0.15) is 16.8 Å². The van der Waals surface area contributed by atoms with E-state index in [2.05, 4.69) is 5.32 Å². The lowest BCUT2D eigenvalue weighted by Gasteiger charge is -2.10. The number of carbonyl (C=O) groups excluding carboxylic acids is 1. The van der Waals surface area contributed by atoms with E-state index in [1.54, 1.807) is 0 Å². The zero-order valence-electron chi connectivity index (χ0n) is 10.2. The monoisotopic (exact) mass is 254 g/mol. The third-order valence-corrected chi connectivity index (χ3v) is 2.27. The van der Waals surface area contributed by atoms with Gasteiger partial charge in [0.2, 0.25) is 5.91 Å². The van der Waals surface area contributed by atoms with Crippen LogP contribution in [0.3, 0.4) is 0 Å². The van der Waals surface area contributed by atoms with Crippen LogP contribution in [0.4, 0.5) is 10.1 Å². The quantitative estimate of drug-likeness (QED) is 0.833. The Morgan fingerprint density at radius 1 is 1.39 bits per heavy atom. The predicted molar refractivity (Wildman–Crippen MR) is 65.2 cm³/mol. The van der Waals surface area contributed by atoms with Crippen LogP contribution in [0.25, 0.3) is 0 Å². The zero-order valence-corrected chi connectivity index (χ0v) is 10.2. The Bertz CT molecular complexity index is 461. The van der Waals surface area contributed by atoms with Crippen molar-refractivity contribution in [2.75, 3.05) is 26.0 Å². The molecule has 0 radical (unpaired) electrons. The lowest BCUT2D eigenvalue weighted by atomic mass is 10.2. The number of hydrogen-bond donors (Lipinski definition) is 2. The fraction of sp³-hybridized carbons (Fsp3) is 0.333. The molecule has 0 aliphatic rings. The topological polar surface area (TPSA) is 69.6 Å². The molecule has 0 bridgehead atoms. The maximum atomic E-state index is 13.3. The average molecular weight is 254 g/mol. The van der Waals surface area contributed by atoms with E-state index < -0.39 is 17.3 Å². The molecule has 1 aromatic rings. The number of aromatic carboxylic acids is 1. The molecule has 1 aromatic carbocycles. The Morgan fingerprint density at radius 2 is 2.06 bits per heavy atom. The maximum Gasteiger partial charge on any atom is 0.338 e. The van der Waals surface area contributed by atoms with Crippen molar-refractivity contribution in [2.24, 2.45) is 0 Å². The van der Waals surface area contributed by atoms with E-state index in [0.29, 0.717) is 6.54 Å². The van der Waals surface area contributed by atoms with Gasteiger partial charge in [-0.05, 0) is 32.3 Å². The number of carboxylic acids is 1. The Labute approximate surface area is 104 Å². The van der Waals surface area contributed by atoms with Gasteiger partial charge in [0.05, 0.1) is 5.56 Å². The summed E-state index contributed by atoms with van der Waals surface area (Å²) in [6, 6.07) is 3.48. The average Bonchev–Trinajstić information content (AvgIpc) is 2.26. The highest BCUT2D eigenvalue weighted by atomic mass is 19.1. The molecule has 0 aliphatic heterocycles. The van der Waals surface area contributed by atoms with Gasteiger partial charge in [-0.1, -0.05) is 0 Å². The van der Waals surface area contributed by atoms with E-state index in [-0.39, 0.29) is 18.0 Å². The first-order chi connectivity index (χ1) is 8.40. The summed E-state index contributed by atoms with van der Waals surface area (Å²) in [5.74, 6) is -2.45. The van der Waals surface area contributed by atoms with Crippen molar-refractivity contribution in [2.45, 2.75) is 6.42 Å². The molecule has 18 heavy (non-hydrogen) atoms. The predicted octanol–water partition coefficient (Wildman–Crippen LogP) is 1.41. The highest BCUT2D eigenvalue weighted by molar-refractivity contribution is 5.92. The fourth-order valence-corrected chi connectivity index (χ4v) is 1.31. The van der Waals surface area contributed by atoms with Gasteiger partial charge in [-0.15, -0.1) is 0 Å². The molecule has 0 heterocycles. The number of nitrogens with one attached hydrogen (secondary N) is 1. The van der Waals surface area contributed by atoms with Crippen molar-refractivity contribution < 1.29 is 19.1 Å². The second kappa shape index (κ2) is 6.11. The largest absolute Gasteiger partial charge is 0.478 e. The van der Waals surface area contributed by atoms with Crippen LogP contribution in [0.2, 0.25) is 0 Å². The number of nitrogens with zero attached hydrogens (tertiary/aromatic N) is 1. The Balaban J connectivity index is 2.66. The van der Waals surface area contributed by atoms with Crippen LogP contribution in [-0.2, 0) is 4.79 Å². The molecule has 98 valence electrons. The van der Waals surface area contributed by atoms with Crippen molar-refractivity contribution in [3.05, 3.63) is 29.6 Å². The third-order valence-electron chi connectivity index (χ3n) is 2.27. The standard InChI is InChI=1S/C12H15FN2O3/c1-15(2)6-5-11(16)14-8-3-4-9(12(17)18)10(13)7-8/h3-4,7H,5-6H2,1-2H3,(H,14,16)(H,17,18). The summed E-state index contributed by atoms with van der Waals surface area (Å²) < 4.78 is 13.3. The van der Waals surface area contributed by atoms with Gasteiger partial charge in [0.25, 0.3) is 0 Å². The van der Waals surface area contributed by atoms with Gasteiger partial charge in [0.1, 0.15) is 5.82 Å². The maximum absolute atomic E-state index is 13.3. The van der Waals surface area contributed by atoms with Gasteiger partial charge in [-0.25, -0.2) is 9.18 Å². The van der Waals surface area contributed by atoms with Crippen LogP contribution < -0.4 is 5.32 Å². The number of halogens is 1. The minimum absolute atomic E-state index is 0.244. The van der Waals surface area contributed by atoms with E-state index in [1.165, 1.54) is 6.07 Å². The summed E-state index contributed by atoms with van der Waals surface area (Å²) in [7, 11) is 3.68. The number of carbonyl (C=O) groups is 2. The van der Waals surface area contributed by atoms with Crippen LogP contribution in [0.15, 0.2) is 18.2 Å². The van der Waals surface area contributed by atoms with Crippen molar-refractivity contribution in [1.29, 1.82) is 0 Å². The molecule has 0 spiro atoms. The molecular formula is C12H15FN2O3. The first kappa shape index (κ1) is 14.1. The minimum atomic E-state index is -1.34. The van der Waals surface area contributed by atoms with E-state index in [1.807, 2.05) is 19.0 Å². The van der Waals surface area contributed by atoms with E-state index >= 15 is 0 Å². The molecule has 0 unspecified atom stereocenters. The number of benzene rings is 1. The van der Waals surface area contributed by atoms with E-state index in [4.69, 9.17) is 5.11 Å². The molecule has 5 nitrogen and oxygen atoms in total. The highest BCUT2D eigenvalue weighted by Gasteiger charge is 2.11. The normalized spacial score (nSPS) is 10.4. The lowest BCUT2D eigenvalue weighted by molar-refractivity contribution is -0.116. The van der Waals surface area contributed by atoms with Crippen LogP contribution in [0, 0.1) is 5.82 Å². The molecule has 0 saturated heterocycles. The van der Waals surface area contributed by atoms with E-state index in [9.17, 15) is 14.0 Å². The first-order valence-electron chi connectivity index (χ1n) is 5.37. The molecule has 0 fully saturated rings. The summed E-state index contributed by atoms with van der Waals surface area (Å²) in [5, 5.41) is 11.2. The Kier molecular flexibility index (Phi) is 4.79. The molecule has 1 amide bonds. The molecular weight excluding hydrogens is 239 g/mol. The lowest BCUT2D eigenvalue weighted by Crippen LogP contribution is -2.20. The number of anilines is 1. The second-order valence-corrected chi connectivity index (χ2v) is 4.10. The minimum Gasteiger partial charge on any atom is -0.478 e. The van der Waals surface area contributed by atoms with Crippen molar-refractivity contribution in [3.63, 3.8) is 0 Å². The van der Waals surface area contributed by atoms with E-state index in [0.717, 1.165) is 12.1 Å². The smallest absolute Gasteiger partial charge is 0.338 e. The highest BCUT2D eigenvalue weighted by Crippen LogP contribution is 2.14. The fourth-order valence-electron chi connectivity index (χ4n) is 1.31. The van der Waals surface area contributed by atoms with Crippen LogP contribution >= 0.6 is 0 Å². The molecule has 0 atom stereocenters. The van der Waals surface area contributed by atoms with Gasteiger partial charge in [0.15, 0.2) is 0 Å². The summed E-state index contributed by atoms with van der Waals surface area (Å²) >= 11 is 0. The number of rotatable bonds is 5. The van der Waals surface area contributed by atoms with Gasteiger partial charge in [-0.3, -0.25) is 4.79 Å². The molecule has 0 aliphatic carbocycles. The second-order valence-electron chi connectivity index (χ2n) is 4.10. The van der Waals surface area contributed by atoms with Gasteiger partial charge < -0.3 is 15.3 Å². The third kappa shape index (κ3) is 4.14. The summed E-state index contributed by atoms with van der Waals surface area (Å²) in [6.07, 6.45) is 0.287. The van der Waals surface area contributed by atoms with Gasteiger partial charge in [-0.2, -0.15) is 0 Å². The van der Waals surface area contributed by atoms with Gasteiger partial charge in [0, 0.05) is 18.7 Å². The molecule has 6 heteroatoms. The zero-order chi connectivity index (χ0) is 13.7. The SMILES string of the molecule is CN(C)CCC(=O)Nc1ccc(C(=O)O)c(F)c1. The van der Waals surface area contributed by atoms with Crippen molar-refractivity contribution >= 4 is 17.6 Å². The molecule has 0 saturated carbocycles. The molecule has 0 aromatic heterocycles. The number of carboxylic acid groups (broad SMARTS) is 1. The van der Waals surface area contributed by atoms with Crippen molar-refractivity contribution in [1.82, 2.24) is 4.90 Å². The summed E-state index contributed by atoms with van der Waals surface area (Å²) in [4.78, 5) is 23.9. The molecule has 2 N–H and O–H groups in total. The summed E-state index contributed by atoms with van der Waals surface area (Å²) in [5.41, 5.74) is -0.164. The Morgan fingerprint density at radius 3 is 2.56 bits per heavy atom. The van der Waals surface area contributed by atoms with Gasteiger partial charge >= 0.3 is 5.97 Å². The van der Waals surface area contributed by atoms with Crippen LogP contribution in [0.5, 0.6) is 0 Å². The first-order valence-corrected chi connectivity index (χ1v) is 5.37. The van der Waals surface area contributed by atoms with Crippen molar-refractivity contribution in [3.8, 4) is 0 Å². The number of hydrogen-bond acceptors (Lipinski definition) is 3. The Hall–Kier alpha value is -1.95. The number of amides is 1. The van der Waals surface area contributed by atoms with Crippen LogP contribution in [-0.4, -0.2) is 42.5 Å². The summed E-state index contributed by atoms with van der Waals surface area (Å²) in [6.45, 7) is 0.585. The molecule has 1 rings (SSSR count).